The number of imidazole rings is 1. The number of nitrogens with one attached hydrogen (secondary N) is 1. The van der Waals surface area contributed by atoms with Crippen molar-refractivity contribution in [2.75, 3.05) is 7.11 Å². The van der Waals surface area contributed by atoms with Crippen molar-refractivity contribution in [2.45, 2.75) is 0 Å². The monoisotopic (exact) mass is 244 g/mol. The molecule has 5 heteroatoms. The number of aromatic nitrogens is 2. The number of nitrogens with zero attached hydrogens (tertiary/aromatic N) is 1. The van der Waals surface area contributed by atoms with Crippen LogP contribution in [0, 0.1) is 0 Å². The third kappa shape index (κ3) is 2.57. The van der Waals surface area contributed by atoms with E-state index < -0.39 is 0 Å². The van der Waals surface area contributed by atoms with E-state index in [0.717, 1.165) is 5.56 Å². The maximum atomic E-state index is 11.7. The van der Waals surface area contributed by atoms with E-state index in [4.69, 9.17) is 4.74 Å². The number of ether oxygens (including phenoxy) is 1. The molecule has 0 spiro atoms. The minimum absolute atomic E-state index is 0.0644. The molecule has 0 aliphatic rings. The molecule has 5 nitrogen and oxygen atoms in total. The molecule has 0 unspecified atom stereocenters. The van der Waals surface area contributed by atoms with Crippen molar-refractivity contribution in [3.63, 3.8) is 0 Å². The summed E-state index contributed by atoms with van der Waals surface area (Å²) in [6.45, 7) is 0. The number of phenolic OH excluding ortho intramolecular Hbond substituents is 1. The van der Waals surface area contributed by atoms with Gasteiger partial charge in [-0.15, -0.1) is 0 Å². The third-order valence-corrected chi connectivity index (χ3v) is 2.39. The molecule has 2 aromatic rings. The highest BCUT2D eigenvalue weighted by molar-refractivity contribution is 6.05. The van der Waals surface area contributed by atoms with Crippen LogP contribution < -0.4 is 4.74 Å². The molecule has 1 aromatic heterocycles. The van der Waals surface area contributed by atoms with E-state index in [-0.39, 0.29) is 11.5 Å². The summed E-state index contributed by atoms with van der Waals surface area (Å²) in [5.74, 6) is 0.264. The molecule has 2 rings (SSSR count). The second-order valence-corrected chi connectivity index (χ2v) is 3.59. The molecular weight excluding hydrogens is 232 g/mol. The Morgan fingerprint density at radius 2 is 2.33 bits per heavy atom. The van der Waals surface area contributed by atoms with E-state index in [1.807, 2.05) is 0 Å². The Bertz CT molecular complexity index is 574. The average Bonchev–Trinajstić information content (AvgIpc) is 2.91. The van der Waals surface area contributed by atoms with Gasteiger partial charge in [-0.1, -0.05) is 12.1 Å². The molecule has 0 saturated carbocycles. The molecule has 1 heterocycles. The quantitative estimate of drug-likeness (QED) is 0.637. The van der Waals surface area contributed by atoms with Gasteiger partial charge in [-0.05, 0) is 23.8 Å². The summed E-state index contributed by atoms with van der Waals surface area (Å²) in [6.07, 6.45) is 5.99. The second kappa shape index (κ2) is 5.18. The smallest absolute Gasteiger partial charge is 0.203 e. The molecule has 0 saturated heterocycles. The fraction of sp³-hybridized carbons (Fsp3) is 0.0769. The Hall–Kier alpha value is -2.56. The van der Waals surface area contributed by atoms with Gasteiger partial charge >= 0.3 is 0 Å². The first-order chi connectivity index (χ1) is 8.70. The number of hydrogen-bond acceptors (Lipinski definition) is 4. The van der Waals surface area contributed by atoms with Crippen LogP contribution in [-0.4, -0.2) is 28.0 Å². The summed E-state index contributed by atoms with van der Waals surface area (Å²) >= 11 is 0. The molecule has 0 aliphatic carbocycles. The SMILES string of the molecule is COc1cc(C=CC(=O)c2cnc[nH]2)ccc1O. The minimum atomic E-state index is -0.167. The number of benzene rings is 1. The zero-order valence-corrected chi connectivity index (χ0v) is 9.75. The number of ketones is 1. The molecular formula is C13H12N2O3. The van der Waals surface area contributed by atoms with Crippen molar-refractivity contribution in [1.82, 2.24) is 9.97 Å². The zero-order valence-electron chi connectivity index (χ0n) is 9.75. The fourth-order valence-corrected chi connectivity index (χ4v) is 1.45. The Balaban J connectivity index is 2.16. The highest BCUT2D eigenvalue weighted by Gasteiger charge is 2.03. The molecule has 0 fully saturated rings. The summed E-state index contributed by atoms with van der Waals surface area (Å²) < 4.78 is 4.98. The molecule has 0 atom stereocenters. The topological polar surface area (TPSA) is 75.2 Å². The van der Waals surface area contributed by atoms with Crippen LogP contribution in [0.15, 0.2) is 36.8 Å². The molecule has 0 radical (unpaired) electrons. The lowest BCUT2D eigenvalue weighted by Crippen LogP contribution is -1.93. The third-order valence-electron chi connectivity index (χ3n) is 2.39. The van der Waals surface area contributed by atoms with Gasteiger partial charge in [-0.2, -0.15) is 0 Å². The number of allylic oxidation sites excluding steroid dienone is 1. The Labute approximate surface area is 104 Å². The van der Waals surface area contributed by atoms with E-state index in [1.54, 1.807) is 18.2 Å². The number of phenols is 1. The average molecular weight is 244 g/mol. The number of aromatic hydroxyl groups is 1. The molecule has 2 N–H and O–H groups in total. The van der Waals surface area contributed by atoms with Crippen LogP contribution >= 0.6 is 0 Å². The number of rotatable bonds is 4. The van der Waals surface area contributed by atoms with Gasteiger partial charge in [-0.3, -0.25) is 4.79 Å². The van der Waals surface area contributed by atoms with Crippen LogP contribution in [0.2, 0.25) is 0 Å². The van der Waals surface area contributed by atoms with Crippen LogP contribution in [0.5, 0.6) is 11.5 Å². The number of aromatic amines is 1. The standard InChI is InChI=1S/C13H12N2O3/c1-18-13-6-9(3-5-12(13)17)2-4-11(16)10-7-14-8-15-10/h2-8,17H,1H3,(H,14,15). The summed E-state index contributed by atoms with van der Waals surface area (Å²) in [7, 11) is 1.47. The van der Waals surface area contributed by atoms with E-state index in [1.165, 1.54) is 31.8 Å². The largest absolute Gasteiger partial charge is 0.504 e. The molecule has 92 valence electrons. The lowest BCUT2D eigenvalue weighted by molar-refractivity contribution is 0.104. The van der Waals surface area contributed by atoms with Crippen LogP contribution in [0.25, 0.3) is 6.08 Å². The first-order valence-corrected chi connectivity index (χ1v) is 5.28. The lowest BCUT2D eigenvalue weighted by Gasteiger charge is -2.03. The lowest BCUT2D eigenvalue weighted by atomic mass is 10.1. The highest BCUT2D eigenvalue weighted by atomic mass is 16.5. The van der Waals surface area contributed by atoms with E-state index in [2.05, 4.69) is 9.97 Å². The van der Waals surface area contributed by atoms with Crippen LogP contribution in [0.4, 0.5) is 0 Å². The second-order valence-electron chi connectivity index (χ2n) is 3.59. The molecule has 18 heavy (non-hydrogen) atoms. The minimum Gasteiger partial charge on any atom is -0.504 e. The number of methoxy groups -OCH3 is 1. The van der Waals surface area contributed by atoms with Gasteiger partial charge < -0.3 is 14.8 Å². The van der Waals surface area contributed by atoms with E-state index in [9.17, 15) is 9.90 Å². The van der Waals surface area contributed by atoms with Gasteiger partial charge in [0, 0.05) is 0 Å². The highest BCUT2D eigenvalue weighted by Crippen LogP contribution is 2.26. The maximum absolute atomic E-state index is 11.7. The summed E-state index contributed by atoms with van der Waals surface area (Å²) in [5.41, 5.74) is 1.19. The molecule has 1 aromatic carbocycles. The van der Waals surface area contributed by atoms with Gasteiger partial charge in [0.25, 0.3) is 0 Å². The normalized spacial score (nSPS) is 10.7. The Morgan fingerprint density at radius 1 is 1.50 bits per heavy atom. The van der Waals surface area contributed by atoms with Gasteiger partial charge in [0.15, 0.2) is 11.5 Å². The van der Waals surface area contributed by atoms with Gasteiger partial charge in [0.05, 0.1) is 19.6 Å². The van der Waals surface area contributed by atoms with Gasteiger partial charge in [-0.25, -0.2) is 4.98 Å². The molecule has 0 bridgehead atoms. The Kier molecular flexibility index (Phi) is 3.43. The van der Waals surface area contributed by atoms with Gasteiger partial charge in [0.1, 0.15) is 5.69 Å². The zero-order chi connectivity index (χ0) is 13.0. The van der Waals surface area contributed by atoms with E-state index >= 15 is 0 Å². The fourth-order valence-electron chi connectivity index (χ4n) is 1.45. The number of hydrogen-bond donors (Lipinski definition) is 2. The summed E-state index contributed by atoms with van der Waals surface area (Å²) in [4.78, 5) is 18.2. The number of carbonyl (C=O) groups is 1. The predicted molar refractivity (Wildman–Crippen MR) is 66.6 cm³/mol. The number of carbonyl (C=O) groups excluding carboxylic acids is 1. The van der Waals surface area contributed by atoms with Crippen LogP contribution in [-0.2, 0) is 0 Å². The maximum Gasteiger partial charge on any atom is 0.203 e. The number of H-pyrrole nitrogens is 1. The van der Waals surface area contributed by atoms with Crippen LogP contribution in [0.3, 0.4) is 0 Å². The van der Waals surface area contributed by atoms with Gasteiger partial charge in [0.2, 0.25) is 5.78 Å². The summed E-state index contributed by atoms with van der Waals surface area (Å²) in [6, 6.07) is 4.85. The van der Waals surface area contributed by atoms with Crippen molar-refractivity contribution < 1.29 is 14.6 Å². The molecule has 0 amide bonds. The van der Waals surface area contributed by atoms with Crippen molar-refractivity contribution >= 4 is 11.9 Å². The first kappa shape index (κ1) is 11.9. The Morgan fingerprint density at radius 3 is 3.00 bits per heavy atom. The van der Waals surface area contributed by atoms with Crippen molar-refractivity contribution in [3.05, 3.63) is 48.1 Å². The molecule has 0 aliphatic heterocycles. The van der Waals surface area contributed by atoms with Crippen molar-refractivity contribution in [2.24, 2.45) is 0 Å². The van der Waals surface area contributed by atoms with Crippen molar-refractivity contribution in [1.29, 1.82) is 0 Å². The predicted octanol–water partition coefficient (Wildman–Crippen LogP) is 2.02. The summed E-state index contributed by atoms with van der Waals surface area (Å²) in [5, 5.41) is 9.43. The van der Waals surface area contributed by atoms with E-state index in [0.29, 0.717) is 11.4 Å². The van der Waals surface area contributed by atoms with Crippen LogP contribution in [0.1, 0.15) is 16.1 Å². The van der Waals surface area contributed by atoms with Crippen molar-refractivity contribution in [3.8, 4) is 11.5 Å². The first-order valence-electron chi connectivity index (χ1n) is 5.28.